The Morgan fingerprint density at radius 2 is 2.12 bits per heavy atom. The smallest absolute Gasteiger partial charge is 0.256 e. The molecule has 4 nitrogen and oxygen atoms in total. The van der Waals surface area contributed by atoms with Gasteiger partial charge < -0.3 is 10.1 Å². The van der Waals surface area contributed by atoms with Crippen molar-refractivity contribution in [1.82, 2.24) is 4.98 Å². The van der Waals surface area contributed by atoms with Crippen molar-refractivity contribution in [1.29, 1.82) is 0 Å². The van der Waals surface area contributed by atoms with Gasteiger partial charge in [-0.15, -0.1) is 11.3 Å². The molecule has 0 saturated heterocycles. The minimum atomic E-state index is -0.197. The first kappa shape index (κ1) is 18.8. The van der Waals surface area contributed by atoms with E-state index in [0.717, 1.165) is 15.6 Å². The predicted molar refractivity (Wildman–Crippen MR) is 109 cm³/mol. The monoisotopic (exact) mass is 404 g/mol. The first-order valence-corrected chi connectivity index (χ1v) is 10.1. The van der Waals surface area contributed by atoms with Gasteiger partial charge in [0.05, 0.1) is 12.8 Å². The van der Waals surface area contributed by atoms with Crippen LogP contribution < -0.4 is 10.1 Å². The Morgan fingerprint density at radius 1 is 1.31 bits per heavy atom. The average Bonchev–Trinajstić information content (AvgIpc) is 3.06. The standard InChI is InChI=1S/C19H17ClN2O2S2/c1-12-10-25-19(21-12)26-11-13-5-3-4-6-15(13)18(23)22-16-9-14(20)7-8-17(16)24-2/h3-10H,11H2,1-2H3,(H,22,23). The van der Waals surface area contributed by atoms with Crippen LogP contribution in [0.3, 0.4) is 0 Å². The lowest BCUT2D eigenvalue weighted by Crippen LogP contribution is -2.14. The van der Waals surface area contributed by atoms with Gasteiger partial charge in [0.25, 0.3) is 5.91 Å². The third-order valence-corrected chi connectivity index (χ3v) is 6.04. The molecule has 0 saturated carbocycles. The molecule has 0 aliphatic rings. The maximum atomic E-state index is 12.8. The summed E-state index contributed by atoms with van der Waals surface area (Å²) >= 11 is 9.27. The Bertz CT molecular complexity index is 927. The molecular weight excluding hydrogens is 388 g/mol. The predicted octanol–water partition coefficient (Wildman–Crippen LogP) is 5.66. The van der Waals surface area contributed by atoms with Gasteiger partial charge in [-0.1, -0.05) is 41.6 Å². The van der Waals surface area contributed by atoms with Crippen LogP contribution >= 0.6 is 34.7 Å². The van der Waals surface area contributed by atoms with Crippen LogP contribution in [0.15, 0.2) is 52.2 Å². The lowest BCUT2D eigenvalue weighted by molar-refractivity contribution is 0.102. The van der Waals surface area contributed by atoms with Crippen molar-refractivity contribution >= 4 is 46.3 Å². The van der Waals surface area contributed by atoms with Gasteiger partial charge in [0.1, 0.15) is 10.1 Å². The number of halogens is 1. The van der Waals surface area contributed by atoms with Crippen molar-refractivity contribution in [2.75, 3.05) is 12.4 Å². The van der Waals surface area contributed by atoms with E-state index in [4.69, 9.17) is 16.3 Å². The van der Waals surface area contributed by atoms with Crippen LogP contribution in [0.4, 0.5) is 5.69 Å². The number of nitrogens with zero attached hydrogens (tertiary/aromatic N) is 1. The van der Waals surface area contributed by atoms with Gasteiger partial charge in [-0.2, -0.15) is 0 Å². The van der Waals surface area contributed by atoms with E-state index >= 15 is 0 Å². The minimum Gasteiger partial charge on any atom is -0.495 e. The van der Waals surface area contributed by atoms with Crippen molar-refractivity contribution in [3.05, 3.63) is 69.7 Å². The molecule has 26 heavy (non-hydrogen) atoms. The first-order chi connectivity index (χ1) is 12.6. The largest absolute Gasteiger partial charge is 0.495 e. The highest BCUT2D eigenvalue weighted by Crippen LogP contribution is 2.30. The molecule has 0 atom stereocenters. The highest BCUT2D eigenvalue weighted by molar-refractivity contribution is 8.00. The molecule has 0 fully saturated rings. The molecule has 0 aliphatic carbocycles. The maximum absolute atomic E-state index is 12.8. The average molecular weight is 405 g/mol. The number of amides is 1. The molecule has 0 aliphatic heterocycles. The Morgan fingerprint density at radius 3 is 2.85 bits per heavy atom. The van der Waals surface area contributed by atoms with Crippen molar-refractivity contribution in [3.8, 4) is 5.75 Å². The maximum Gasteiger partial charge on any atom is 0.256 e. The Balaban J connectivity index is 1.78. The summed E-state index contributed by atoms with van der Waals surface area (Å²) in [6.45, 7) is 1.97. The van der Waals surface area contributed by atoms with E-state index in [0.29, 0.717) is 27.8 Å². The van der Waals surface area contributed by atoms with Gasteiger partial charge in [-0.05, 0) is 36.8 Å². The number of thiazole rings is 1. The second-order valence-corrected chi connectivity index (χ2v) is 8.02. The van der Waals surface area contributed by atoms with Crippen LogP contribution in [0.1, 0.15) is 21.6 Å². The molecule has 7 heteroatoms. The molecule has 1 amide bonds. The van der Waals surface area contributed by atoms with Crippen LogP contribution in [0.2, 0.25) is 5.02 Å². The van der Waals surface area contributed by atoms with E-state index in [9.17, 15) is 4.79 Å². The molecule has 134 valence electrons. The molecular formula is C19H17ClN2O2S2. The minimum absolute atomic E-state index is 0.197. The Kier molecular flexibility index (Phi) is 6.19. The molecule has 0 unspecified atom stereocenters. The Labute approximate surface area is 165 Å². The summed E-state index contributed by atoms with van der Waals surface area (Å²) in [5.74, 6) is 1.04. The lowest BCUT2D eigenvalue weighted by Gasteiger charge is -2.12. The van der Waals surface area contributed by atoms with E-state index in [1.165, 1.54) is 0 Å². The number of carbonyl (C=O) groups excluding carboxylic acids is 1. The van der Waals surface area contributed by atoms with Gasteiger partial charge in [0, 0.05) is 27.4 Å². The van der Waals surface area contributed by atoms with Crippen LogP contribution in [-0.2, 0) is 5.75 Å². The van der Waals surface area contributed by atoms with Crippen molar-refractivity contribution in [3.63, 3.8) is 0 Å². The van der Waals surface area contributed by atoms with Gasteiger partial charge >= 0.3 is 0 Å². The van der Waals surface area contributed by atoms with Crippen LogP contribution in [-0.4, -0.2) is 18.0 Å². The summed E-state index contributed by atoms with van der Waals surface area (Å²) in [7, 11) is 1.56. The molecule has 1 N–H and O–H groups in total. The zero-order valence-corrected chi connectivity index (χ0v) is 16.7. The zero-order chi connectivity index (χ0) is 18.5. The molecule has 1 aromatic heterocycles. The number of aryl methyl sites for hydroxylation is 1. The normalized spacial score (nSPS) is 10.6. The van der Waals surface area contributed by atoms with Crippen molar-refractivity contribution in [2.24, 2.45) is 0 Å². The van der Waals surface area contributed by atoms with E-state index in [1.807, 2.05) is 36.6 Å². The summed E-state index contributed by atoms with van der Waals surface area (Å²) in [6.07, 6.45) is 0. The fourth-order valence-electron chi connectivity index (χ4n) is 2.37. The number of rotatable bonds is 6. The highest BCUT2D eigenvalue weighted by atomic mass is 35.5. The number of aromatic nitrogens is 1. The van der Waals surface area contributed by atoms with Gasteiger partial charge in [-0.3, -0.25) is 4.79 Å². The number of ether oxygens (including phenoxy) is 1. The summed E-state index contributed by atoms with van der Waals surface area (Å²) in [6, 6.07) is 12.7. The number of hydrogen-bond acceptors (Lipinski definition) is 5. The molecule has 0 radical (unpaired) electrons. The van der Waals surface area contributed by atoms with E-state index in [-0.39, 0.29) is 5.91 Å². The topological polar surface area (TPSA) is 51.2 Å². The third-order valence-electron chi connectivity index (χ3n) is 3.62. The van der Waals surface area contributed by atoms with Crippen molar-refractivity contribution in [2.45, 2.75) is 17.0 Å². The van der Waals surface area contributed by atoms with E-state index < -0.39 is 0 Å². The number of thioether (sulfide) groups is 1. The quantitative estimate of drug-likeness (QED) is 0.538. The van der Waals surface area contributed by atoms with Crippen LogP contribution in [0, 0.1) is 6.92 Å². The number of benzene rings is 2. The molecule has 3 aromatic rings. The summed E-state index contributed by atoms with van der Waals surface area (Å²) in [5.41, 5.74) is 3.12. The van der Waals surface area contributed by atoms with E-state index in [2.05, 4.69) is 10.3 Å². The van der Waals surface area contributed by atoms with Crippen LogP contribution in [0.5, 0.6) is 5.75 Å². The Hall–Kier alpha value is -2.02. The van der Waals surface area contributed by atoms with Gasteiger partial charge in [0.15, 0.2) is 0 Å². The molecule has 1 heterocycles. The summed E-state index contributed by atoms with van der Waals surface area (Å²) < 4.78 is 6.29. The van der Waals surface area contributed by atoms with Gasteiger partial charge in [-0.25, -0.2) is 4.98 Å². The number of hydrogen-bond donors (Lipinski definition) is 1. The molecule has 2 aromatic carbocycles. The summed E-state index contributed by atoms with van der Waals surface area (Å²) in [5, 5.41) is 5.44. The number of nitrogens with one attached hydrogen (secondary N) is 1. The zero-order valence-electron chi connectivity index (χ0n) is 14.3. The lowest BCUT2D eigenvalue weighted by atomic mass is 10.1. The van der Waals surface area contributed by atoms with Gasteiger partial charge in [0.2, 0.25) is 0 Å². The number of anilines is 1. The highest BCUT2D eigenvalue weighted by Gasteiger charge is 2.14. The fourth-order valence-corrected chi connectivity index (χ4v) is 4.40. The van der Waals surface area contributed by atoms with Crippen LogP contribution in [0.25, 0.3) is 0 Å². The fraction of sp³-hybridized carbons (Fsp3) is 0.158. The molecule has 0 bridgehead atoms. The van der Waals surface area contributed by atoms with E-state index in [1.54, 1.807) is 48.4 Å². The SMILES string of the molecule is COc1ccc(Cl)cc1NC(=O)c1ccccc1CSc1nc(C)cs1. The molecule has 0 spiro atoms. The third kappa shape index (κ3) is 4.58. The second kappa shape index (κ2) is 8.58. The number of carbonyl (C=O) groups is 1. The molecule has 3 rings (SSSR count). The second-order valence-electron chi connectivity index (χ2n) is 5.50. The van der Waals surface area contributed by atoms with Crippen molar-refractivity contribution < 1.29 is 9.53 Å². The first-order valence-electron chi connectivity index (χ1n) is 7.84. The summed E-state index contributed by atoms with van der Waals surface area (Å²) in [4.78, 5) is 17.2. The number of methoxy groups -OCH3 is 1.